The number of benzene rings is 1. The first-order valence-corrected chi connectivity index (χ1v) is 4.54. The van der Waals surface area contributed by atoms with Gasteiger partial charge in [0.25, 0.3) is 0 Å². The van der Waals surface area contributed by atoms with Gasteiger partial charge in [-0.1, -0.05) is 18.2 Å². The molecule has 76 valence electrons. The number of hydrogen-bond acceptors (Lipinski definition) is 3. The number of ether oxygens (including phenoxy) is 1. The minimum Gasteiger partial charge on any atom is -0.440 e. The lowest BCUT2D eigenvalue weighted by molar-refractivity contribution is 0.0372. The summed E-state index contributed by atoms with van der Waals surface area (Å²) in [6.07, 6.45) is 4.97. The highest BCUT2D eigenvalue weighted by Crippen LogP contribution is 2.01. The molecule has 0 saturated carbocycles. The number of carbonyl (C=O) groups excluding carboxylic acids is 1. The average molecular weight is 202 g/mol. The van der Waals surface area contributed by atoms with Gasteiger partial charge in [0.2, 0.25) is 0 Å². The van der Waals surface area contributed by atoms with Gasteiger partial charge < -0.3 is 9.30 Å². The monoisotopic (exact) mass is 202 g/mol. The van der Waals surface area contributed by atoms with Gasteiger partial charge in [-0.15, -0.1) is 0 Å². The van der Waals surface area contributed by atoms with E-state index in [0.29, 0.717) is 5.56 Å². The zero-order valence-electron chi connectivity index (χ0n) is 8.04. The molecule has 1 aromatic heterocycles. The summed E-state index contributed by atoms with van der Waals surface area (Å²) >= 11 is 0. The number of carbonyl (C=O) groups is 1. The summed E-state index contributed by atoms with van der Waals surface area (Å²) in [4.78, 5) is 15.3. The van der Waals surface area contributed by atoms with Crippen molar-refractivity contribution in [2.45, 2.75) is 6.73 Å². The molecule has 0 radical (unpaired) electrons. The normalized spacial score (nSPS) is 9.87. The number of nitrogens with zero attached hydrogens (tertiary/aromatic N) is 2. The Morgan fingerprint density at radius 1 is 1.33 bits per heavy atom. The average Bonchev–Trinajstić information content (AvgIpc) is 2.80. The smallest absolute Gasteiger partial charge is 0.339 e. The van der Waals surface area contributed by atoms with Crippen molar-refractivity contribution in [2.75, 3.05) is 0 Å². The first-order chi connectivity index (χ1) is 7.36. The molecule has 0 saturated heterocycles. The van der Waals surface area contributed by atoms with Gasteiger partial charge in [0, 0.05) is 12.4 Å². The van der Waals surface area contributed by atoms with Crippen LogP contribution in [0.2, 0.25) is 0 Å². The second kappa shape index (κ2) is 4.41. The molecule has 0 bridgehead atoms. The highest BCUT2D eigenvalue weighted by atomic mass is 16.5. The fourth-order valence-corrected chi connectivity index (χ4v) is 1.15. The summed E-state index contributed by atoms with van der Waals surface area (Å²) in [6, 6.07) is 8.89. The molecular formula is C11H10N2O2. The third kappa shape index (κ3) is 2.43. The molecule has 0 atom stereocenters. The maximum absolute atomic E-state index is 11.5. The molecule has 0 amide bonds. The quantitative estimate of drug-likeness (QED) is 0.711. The molecule has 4 nitrogen and oxygen atoms in total. The Kier molecular flexibility index (Phi) is 2.78. The van der Waals surface area contributed by atoms with Crippen LogP contribution in [0.1, 0.15) is 10.4 Å². The molecular weight excluding hydrogens is 192 g/mol. The van der Waals surface area contributed by atoms with Gasteiger partial charge in [0.05, 0.1) is 11.9 Å². The first kappa shape index (κ1) is 9.45. The van der Waals surface area contributed by atoms with Crippen LogP contribution in [-0.2, 0) is 11.5 Å². The van der Waals surface area contributed by atoms with E-state index in [1.807, 2.05) is 6.07 Å². The van der Waals surface area contributed by atoms with Gasteiger partial charge in [0.1, 0.15) is 0 Å². The van der Waals surface area contributed by atoms with Crippen LogP contribution in [0.15, 0.2) is 49.1 Å². The topological polar surface area (TPSA) is 44.1 Å². The van der Waals surface area contributed by atoms with Crippen molar-refractivity contribution in [3.05, 3.63) is 54.6 Å². The van der Waals surface area contributed by atoms with E-state index in [4.69, 9.17) is 4.74 Å². The van der Waals surface area contributed by atoms with Gasteiger partial charge >= 0.3 is 5.97 Å². The van der Waals surface area contributed by atoms with Gasteiger partial charge in [-0.3, -0.25) is 0 Å². The zero-order valence-corrected chi connectivity index (χ0v) is 8.04. The lowest BCUT2D eigenvalue weighted by atomic mass is 10.2. The SMILES string of the molecule is O=C(OCn1ccnc1)c1ccccc1. The molecule has 2 aromatic rings. The lowest BCUT2D eigenvalue weighted by Gasteiger charge is -2.04. The zero-order chi connectivity index (χ0) is 10.5. The van der Waals surface area contributed by atoms with Crippen LogP contribution >= 0.6 is 0 Å². The van der Waals surface area contributed by atoms with Crippen LogP contribution in [0.3, 0.4) is 0 Å². The second-order valence-corrected chi connectivity index (χ2v) is 3.00. The number of rotatable bonds is 3. The minimum absolute atomic E-state index is 0.188. The molecule has 0 spiro atoms. The summed E-state index contributed by atoms with van der Waals surface area (Å²) in [6.45, 7) is 0.188. The Morgan fingerprint density at radius 2 is 2.13 bits per heavy atom. The number of aromatic nitrogens is 2. The molecule has 0 fully saturated rings. The minimum atomic E-state index is -0.329. The predicted molar refractivity (Wildman–Crippen MR) is 54.1 cm³/mol. The van der Waals surface area contributed by atoms with Gasteiger partial charge in [-0.05, 0) is 12.1 Å². The van der Waals surface area contributed by atoms with Crippen molar-refractivity contribution >= 4 is 5.97 Å². The van der Waals surface area contributed by atoms with Crippen LogP contribution in [0.5, 0.6) is 0 Å². The van der Waals surface area contributed by atoms with Crippen LogP contribution < -0.4 is 0 Å². The highest BCUT2D eigenvalue weighted by molar-refractivity contribution is 5.89. The van der Waals surface area contributed by atoms with E-state index >= 15 is 0 Å². The summed E-state index contributed by atoms with van der Waals surface area (Å²) in [5, 5.41) is 0. The molecule has 1 heterocycles. The fraction of sp³-hybridized carbons (Fsp3) is 0.0909. The van der Waals surface area contributed by atoms with Gasteiger partial charge in [-0.2, -0.15) is 0 Å². The predicted octanol–water partition coefficient (Wildman–Crippen LogP) is 1.70. The van der Waals surface area contributed by atoms with E-state index in [1.54, 1.807) is 47.6 Å². The molecule has 4 heteroatoms. The van der Waals surface area contributed by atoms with E-state index < -0.39 is 0 Å². The van der Waals surface area contributed by atoms with Gasteiger partial charge in [-0.25, -0.2) is 9.78 Å². The molecule has 1 aromatic carbocycles. The second-order valence-electron chi connectivity index (χ2n) is 3.00. The Labute approximate surface area is 87.1 Å². The summed E-state index contributed by atoms with van der Waals surface area (Å²) in [7, 11) is 0. The van der Waals surface area contributed by atoms with Crippen LogP contribution in [0.25, 0.3) is 0 Å². The van der Waals surface area contributed by atoms with Crippen LogP contribution in [0, 0.1) is 0 Å². The van der Waals surface area contributed by atoms with E-state index in [-0.39, 0.29) is 12.7 Å². The molecule has 15 heavy (non-hydrogen) atoms. The summed E-state index contributed by atoms with van der Waals surface area (Å²) < 4.78 is 6.74. The van der Waals surface area contributed by atoms with Crippen molar-refractivity contribution in [3.63, 3.8) is 0 Å². The van der Waals surface area contributed by atoms with E-state index in [2.05, 4.69) is 4.98 Å². The Bertz CT molecular complexity index is 423. The van der Waals surface area contributed by atoms with Crippen molar-refractivity contribution in [2.24, 2.45) is 0 Å². The molecule has 0 aliphatic rings. The van der Waals surface area contributed by atoms with E-state index in [9.17, 15) is 4.79 Å². The number of esters is 1. The van der Waals surface area contributed by atoms with Crippen molar-refractivity contribution < 1.29 is 9.53 Å². The Hall–Kier alpha value is -2.10. The van der Waals surface area contributed by atoms with Crippen LogP contribution in [-0.4, -0.2) is 15.5 Å². The fourth-order valence-electron chi connectivity index (χ4n) is 1.15. The van der Waals surface area contributed by atoms with Crippen molar-refractivity contribution in [3.8, 4) is 0 Å². The largest absolute Gasteiger partial charge is 0.440 e. The standard InChI is InChI=1S/C11H10N2O2/c14-11(10-4-2-1-3-5-10)15-9-13-7-6-12-8-13/h1-8H,9H2. The maximum atomic E-state index is 11.5. The highest BCUT2D eigenvalue weighted by Gasteiger charge is 2.04. The van der Waals surface area contributed by atoms with Gasteiger partial charge in [0.15, 0.2) is 6.73 Å². The Morgan fingerprint density at radius 3 is 2.80 bits per heavy atom. The molecule has 0 aliphatic carbocycles. The number of imidazole rings is 1. The summed E-state index contributed by atoms with van der Waals surface area (Å²) in [5.41, 5.74) is 0.553. The van der Waals surface area contributed by atoms with Crippen molar-refractivity contribution in [1.29, 1.82) is 0 Å². The maximum Gasteiger partial charge on any atom is 0.339 e. The third-order valence-corrected chi connectivity index (χ3v) is 1.91. The molecule has 0 N–H and O–H groups in total. The van der Waals surface area contributed by atoms with Crippen molar-refractivity contribution in [1.82, 2.24) is 9.55 Å². The third-order valence-electron chi connectivity index (χ3n) is 1.91. The number of hydrogen-bond donors (Lipinski definition) is 0. The molecule has 0 unspecified atom stereocenters. The van der Waals surface area contributed by atoms with E-state index in [0.717, 1.165) is 0 Å². The van der Waals surface area contributed by atoms with E-state index in [1.165, 1.54) is 0 Å². The molecule has 0 aliphatic heterocycles. The molecule has 2 rings (SSSR count). The van der Waals surface area contributed by atoms with Crippen LogP contribution in [0.4, 0.5) is 0 Å². The first-order valence-electron chi connectivity index (χ1n) is 4.54. The lowest BCUT2D eigenvalue weighted by Crippen LogP contribution is -2.08. The Balaban J connectivity index is 1.94. The summed E-state index contributed by atoms with van der Waals surface area (Å²) in [5.74, 6) is -0.329.